The summed E-state index contributed by atoms with van der Waals surface area (Å²) in [6.45, 7) is 0.336. The zero-order chi connectivity index (χ0) is 23.1. The summed E-state index contributed by atoms with van der Waals surface area (Å²) in [5.74, 6) is -0.0781. The molecule has 2 N–H and O–H groups in total. The number of aryl methyl sites for hydroxylation is 1. The molecule has 0 fully saturated rings. The monoisotopic (exact) mass is 458 g/mol. The van der Waals surface area contributed by atoms with Crippen LogP contribution in [0.15, 0.2) is 102 Å². The van der Waals surface area contributed by atoms with Gasteiger partial charge in [-0.3, -0.25) is 4.79 Å². The van der Waals surface area contributed by atoms with Crippen molar-refractivity contribution in [2.75, 3.05) is 11.9 Å². The zero-order valence-electron chi connectivity index (χ0n) is 18.2. The lowest BCUT2D eigenvalue weighted by Gasteiger charge is -2.10. The quantitative estimate of drug-likeness (QED) is 0.373. The van der Waals surface area contributed by atoms with E-state index >= 15 is 0 Å². The SMILES string of the molecule is O=C(CCc1ccc(S(=O)(=O)NCCc2ccccc2)cc1)Nc1cccc2ccccc12. The summed E-state index contributed by atoms with van der Waals surface area (Å²) in [5.41, 5.74) is 2.78. The molecule has 0 spiro atoms. The van der Waals surface area contributed by atoms with Gasteiger partial charge in [0.2, 0.25) is 15.9 Å². The van der Waals surface area contributed by atoms with E-state index in [1.165, 1.54) is 0 Å². The predicted molar refractivity (Wildman–Crippen MR) is 133 cm³/mol. The van der Waals surface area contributed by atoms with Crippen molar-refractivity contribution in [3.8, 4) is 0 Å². The molecule has 0 aliphatic carbocycles. The predicted octanol–water partition coefficient (Wildman–Crippen LogP) is 4.93. The maximum absolute atomic E-state index is 12.5. The Morgan fingerprint density at radius 2 is 1.36 bits per heavy atom. The number of nitrogens with one attached hydrogen (secondary N) is 2. The van der Waals surface area contributed by atoms with Gasteiger partial charge in [0, 0.05) is 24.0 Å². The fourth-order valence-electron chi connectivity index (χ4n) is 3.70. The third kappa shape index (κ3) is 6.06. The molecule has 4 aromatic carbocycles. The fraction of sp³-hybridized carbons (Fsp3) is 0.148. The van der Waals surface area contributed by atoms with Crippen LogP contribution < -0.4 is 10.0 Å². The molecule has 1 amide bonds. The Bertz CT molecular complexity index is 1330. The average Bonchev–Trinajstić information content (AvgIpc) is 2.84. The molecule has 0 aliphatic rings. The number of sulfonamides is 1. The number of fused-ring (bicyclic) bond motifs is 1. The van der Waals surface area contributed by atoms with Gasteiger partial charge in [-0.25, -0.2) is 13.1 Å². The molecule has 0 saturated carbocycles. The Labute approximate surface area is 194 Å². The van der Waals surface area contributed by atoms with Crippen LogP contribution >= 0.6 is 0 Å². The minimum atomic E-state index is -3.57. The molecule has 0 aromatic heterocycles. The van der Waals surface area contributed by atoms with Crippen LogP contribution in [0.1, 0.15) is 17.5 Å². The van der Waals surface area contributed by atoms with Crippen LogP contribution in [0.3, 0.4) is 0 Å². The highest BCUT2D eigenvalue weighted by atomic mass is 32.2. The van der Waals surface area contributed by atoms with E-state index in [1.807, 2.05) is 72.8 Å². The molecular weight excluding hydrogens is 432 g/mol. The van der Waals surface area contributed by atoms with Gasteiger partial charge in [0.25, 0.3) is 0 Å². The van der Waals surface area contributed by atoms with Crippen LogP contribution in [0.4, 0.5) is 5.69 Å². The molecule has 5 nitrogen and oxygen atoms in total. The van der Waals surface area contributed by atoms with Crippen LogP contribution in [0.25, 0.3) is 10.8 Å². The first-order valence-corrected chi connectivity index (χ1v) is 12.4. The Hall–Kier alpha value is -3.48. The maximum atomic E-state index is 12.5. The van der Waals surface area contributed by atoms with Gasteiger partial charge in [0.1, 0.15) is 0 Å². The lowest BCUT2D eigenvalue weighted by atomic mass is 10.1. The highest BCUT2D eigenvalue weighted by Gasteiger charge is 2.13. The van der Waals surface area contributed by atoms with Gasteiger partial charge in [-0.2, -0.15) is 0 Å². The molecular formula is C27H26N2O3S. The van der Waals surface area contributed by atoms with E-state index in [0.29, 0.717) is 25.8 Å². The Kier molecular flexibility index (Phi) is 7.17. The summed E-state index contributed by atoms with van der Waals surface area (Å²) < 4.78 is 27.7. The van der Waals surface area contributed by atoms with Gasteiger partial charge in [0.15, 0.2) is 0 Å². The second-order valence-electron chi connectivity index (χ2n) is 7.85. The third-order valence-electron chi connectivity index (χ3n) is 5.49. The summed E-state index contributed by atoms with van der Waals surface area (Å²) >= 11 is 0. The van der Waals surface area contributed by atoms with Crippen molar-refractivity contribution in [2.45, 2.75) is 24.2 Å². The molecule has 0 aliphatic heterocycles. The van der Waals surface area contributed by atoms with Crippen molar-refractivity contribution < 1.29 is 13.2 Å². The standard InChI is InChI=1S/C27H26N2O3S/c30-27(29-26-12-6-10-23-9-4-5-11-25(23)26)18-15-22-13-16-24(17-14-22)33(31,32)28-20-19-21-7-2-1-3-8-21/h1-14,16-17,28H,15,18-20H2,(H,29,30). The summed E-state index contributed by atoms with van der Waals surface area (Å²) in [4.78, 5) is 12.7. The summed E-state index contributed by atoms with van der Waals surface area (Å²) in [6.07, 6.45) is 1.47. The first-order valence-electron chi connectivity index (χ1n) is 10.9. The van der Waals surface area contributed by atoms with Gasteiger partial charge < -0.3 is 5.32 Å². The summed E-state index contributed by atoms with van der Waals surface area (Å²) in [5, 5.41) is 5.06. The van der Waals surface area contributed by atoms with E-state index in [4.69, 9.17) is 0 Å². The number of amides is 1. The molecule has 6 heteroatoms. The van der Waals surface area contributed by atoms with Gasteiger partial charge in [-0.15, -0.1) is 0 Å². The van der Waals surface area contributed by atoms with Crippen molar-refractivity contribution in [2.24, 2.45) is 0 Å². The van der Waals surface area contributed by atoms with Crippen molar-refractivity contribution in [1.82, 2.24) is 4.72 Å². The normalized spacial score (nSPS) is 11.4. The lowest BCUT2D eigenvalue weighted by Crippen LogP contribution is -2.26. The zero-order valence-corrected chi connectivity index (χ0v) is 19.0. The molecule has 4 rings (SSSR count). The second-order valence-corrected chi connectivity index (χ2v) is 9.62. The molecule has 0 atom stereocenters. The van der Waals surface area contributed by atoms with Crippen LogP contribution in [0.2, 0.25) is 0 Å². The van der Waals surface area contributed by atoms with Crippen molar-refractivity contribution >= 4 is 32.4 Å². The van der Waals surface area contributed by atoms with Crippen molar-refractivity contribution in [3.05, 3.63) is 108 Å². The highest BCUT2D eigenvalue weighted by Crippen LogP contribution is 2.23. The van der Waals surface area contributed by atoms with Crippen molar-refractivity contribution in [1.29, 1.82) is 0 Å². The van der Waals surface area contributed by atoms with E-state index < -0.39 is 10.0 Å². The lowest BCUT2D eigenvalue weighted by molar-refractivity contribution is -0.116. The number of anilines is 1. The highest BCUT2D eigenvalue weighted by molar-refractivity contribution is 7.89. The van der Waals surface area contributed by atoms with Crippen molar-refractivity contribution in [3.63, 3.8) is 0 Å². The van der Waals surface area contributed by atoms with Crippen LogP contribution in [-0.2, 0) is 27.7 Å². The first-order chi connectivity index (χ1) is 16.0. The number of carbonyl (C=O) groups is 1. The van der Waals surface area contributed by atoms with Gasteiger partial charge in [0.05, 0.1) is 4.90 Å². The molecule has 0 bridgehead atoms. The Balaban J connectivity index is 1.30. The van der Waals surface area contributed by atoms with Gasteiger partial charge in [-0.05, 0) is 47.6 Å². The average molecular weight is 459 g/mol. The number of benzene rings is 4. The summed E-state index contributed by atoms with van der Waals surface area (Å²) in [6, 6.07) is 30.2. The minimum Gasteiger partial charge on any atom is -0.326 e. The number of carbonyl (C=O) groups excluding carboxylic acids is 1. The number of hydrogen-bond acceptors (Lipinski definition) is 3. The molecule has 0 unspecified atom stereocenters. The Morgan fingerprint density at radius 1 is 0.697 bits per heavy atom. The third-order valence-corrected chi connectivity index (χ3v) is 6.96. The topological polar surface area (TPSA) is 75.3 Å². The smallest absolute Gasteiger partial charge is 0.240 e. The molecule has 4 aromatic rings. The molecule has 0 radical (unpaired) electrons. The van der Waals surface area contributed by atoms with E-state index in [0.717, 1.165) is 27.6 Å². The van der Waals surface area contributed by atoms with E-state index in [9.17, 15) is 13.2 Å². The second kappa shape index (κ2) is 10.4. The molecule has 168 valence electrons. The van der Waals surface area contributed by atoms with E-state index in [2.05, 4.69) is 10.0 Å². The maximum Gasteiger partial charge on any atom is 0.240 e. The minimum absolute atomic E-state index is 0.0781. The van der Waals surface area contributed by atoms with Crippen LogP contribution in [-0.4, -0.2) is 20.9 Å². The molecule has 0 heterocycles. The van der Waals surface area contributed by atoms with E-state index in [1.54, 1.807) is 24.3 Å². The van der Waals surface area contributed by atoms with Gasteiger partial charge >= 0.3 is 0 Å². The van der Waals surface area contributed by atoms with Crippen LogP contribution in [0, 0.1) is 0 Å². The van der Waals surface area contributed by atoms with Gasteiger partial charge in [-0.1, -0.05) is 78.9 Å². The first kappa shape index (κ1) is 22.7. The number of rotatable bonds is 9. The fourth-order valence-corrected chi connectivity index (χ4v) is 4.73. The molecule has 0 saturated heterocycles. The number of hydrogen-bond donors (Lipinski definition) is 2. The summed E-state index contributed by atoms with van der Waals surface area (Å²) in [7, 11) is -3.57. The van der Waals surface area contributed by atoms with E-state index in [-0.39, 0.29) is 10.8 Å². The molecule has 33 heavy (non-hydrogen) atoms. The largest absolute Gasteiger partial charge is 0.326 e. The Morgan fingerprint density at radius 3 is 2.15 bits per heavy atom. The van der Waals surface area contributed by atoms with Crippen LogP contribution in [0.5, 0.6) is 0 Å².